The van der Waals surface area contributed by atoms with E-state index in [0.29, 0.717) is 26.1 Å². The second kappa shape index (κ2) is 5.88. The molecule has 2 saturated heterocycles. The third-order valence-electron chi connectivity index (χ3n) is 4.12. The number of rotatable bonds is 3. The highest BCUT2D eigenvalue weighted by Crippen LogP contribution is 2.42. The van der Waals surface area contributed by atoms with E-state index in [2.05, 4.69) is 15.5 Å². The summed E-state index contributed by atoms with van der Waals surface area (Å²) in [5.74, 6) is -3.37. The first kappa shape index (κ1) is 15.3. The van der Waals surface area contributed by atoms with Crippen LogP contribution in [0.3, 0.4) is 0 Å². The Morgan fingerprint density at radius 1 is 1.41 bits per heavy atom. The van der Waals surface area contributed by atoms with Gasteiger partial charge in [-0.25, -0.2) is 8.78 Å². The molecule has 0 radical (unpaired) electrons. The molecule has 2 fully saturated rings. The predicted molar refractivity (Wildman–Crippen MR) is 70.5 cm³/mol. The maximum Gasteiger partial charge on any atom is 0.292 e. The number of aromatic nitrogens is 2. The van der Waals surface area contributed by atoms with Gasteiger partial charge >= 0.3 is 0 Å². The molecule has 0 aliphatic carbocycles. The van der Waals surface area contributed by atoms with Crippen LogP contribution in [-0.4, -0.2) is 59.7 Å². The first-order valence-electron chi connectivity index (χ1n) is 7.27. The topological polar surface area (TPSA) is 80.5 Å². The van der Waals surface area contributed by atoms with E-state index >= 15 is 0 Å². The molecule has 7 nitrogen and oxygen atoms in total. The first-order chi connectivity index (χ1) is 10.5. The van der Waals surface area contributed by atoms with Crippen LogP contribution >= 0.6 is 0 Å². The van der Waals surface area contributed by atoms with Crippen molar-refractivity contribution >= 4 is 5.91 Å². The van der Waals surface area contributed by atoms with Crippen molar-refractivity contribution in [1.29, 1.82) is 0 Å². The zero-order valence-electron chi connectivity index (χ0n) is 12.2. The van der Waals surface area contributed by atoms with Crippen LogP contribution in [0.4, 0.5) is 8.78 Å². The van der Waals surface area contributed by atoms with Crippen molar-refractivity contribution in [2.45, 2.75) is 37.3 Å². The van der Waals surface area contributed by atoms with Crippen molar-refractivity contribution in [2.24, 2.45) is 0 Å². The van der Waals surface area contributed by atoms with Gasteiger partial charge in [-0.05, 0) is 12.8 Å². The lowest BCUT2D eigenvalue weighted by molar-refractivity contribution is -0.00857. The van der Waals surface area contributed by atoms with E-state index in [1.807, 2.05) is 0 Å². The number of likely N-dealkylation sites (tertiary alicyclic amines) is 1. The Morgan fingerprint density at radius 3 is 2.82 bits per heavy atom. The van der Waals surface area contributed by atoms with E-state index < -0.39 is 17.9 Å². The van der Waals surface area contributed by atoms with Gasteiger partial charge in [0.15, 0.2) is 0 Å². The minimum atomic E-state index is -2.80. The summed E-state index contributed by atoms with van der Waals surface area (Å²) in [6.07, 6.45) is 1.02. The number of carbonyl (C=O) groups excluding carboxylic acids is 1. The van der Waals surface area contributed by atoms with Gasteiger partial charge in [-0.15, -0.1) is 0 Å². The lowest BCUT2D eigenvalue weighted by Crippen LogP contribution is -2.40. The Kier molecular flexibility index (Phi) is 4.09. The molecule has 1 amide bonds. The molecule has 9 heteroatoms. The SMILES string of the molecule is CNC(=O)c1noc([C@@H]2CC(F)(F)CN2C2CCOCC2)n1. The summed E-state index contributed by atoms with van der Waals surface area (Å²) < 4.78 is 38.1. The summed E-state index contributed by atoms with van der Waals surface area (Å²) >= 11 is 0. The van der Waals surface area contributed by atoms with E-state index in [9.17, 15) is 13.6 Å². The number of halogens is 2. The van der Waals surface area contributed by atoms with Gasteiger partial charge in [0.25, 0.3) is 17.7 Å². The number of hydrogen-bond donors (Lipinski definition) is 1. The lowest BCUT2D eigenvalue weighted by atomic mass is 10.1. The highest BCUT2D eigenvalue weighted by atomic mass is 19.3. The number of amides is 1. The Hall–Kier alpha value is -1.61. The largest absolute Gasteiger partial charge is 0.381 e. The normalized spacial score (nSPS) is 26.2. The van der Waals surface area contributed by atoms with Gasteiger partial charge in [-0.3, -0.25) is 9.69 Å². The van der Waals surface area contributed by atoms with Gasteiger partial charge in [-0.2, -0.15) is 4.98 Å². The van der Waals surface area contributed by atoms with E-state index in [-0.39, 0.29) is 30.7 Å². The quantitative estimate of drug-likeness (QED) is 0.896. The van der Waals surface area contributed by atoms with Crippen LogP contribution in [0.1, 0.15) is 41.8 Å². The fourth-order valence-electron chi connectivity index (χ4n) is 3.05. The highest BCUT2D eigenvalue weighted by Gasteiger charge is 2.50. The fraction of sp³-hybridized carbons (Fsp3) is 0.769. The maximum atomic E-state index is 13.9. The second-order valence-corrected chi connectivity index (χ2v) is 5.63. The molecule has 0 aromatic carbocycles. The van der Waals surface area contributed by atoms with Crippen molar-refractivity contribution in [2.75, 3.05) is 26.8 Å². The molecule has 0 unspecified atom stereocenters. The third-order valence-corrected chi connectivity index (χ3v) is 4.12. The highest BCUT2D eigenvalue weighted by molar-refractivity contribution is 5.89. The summed E-state index contributed by atoms with van der Waals surface area (Å²) in [6, 6.07) is -0.661. The van der Waals surface area contributed by atoms with E-state index in [4.69, 9.17) is 9.26 Å². The van der Waals surface area contributed by atoms with Gasteiger partial charge < -0.3 is 14.6 Å². The van der Waals surface area contributed by atoms with E-state index in [0.717, 1.165) is 0 Å². The van der Waals surface area contributed by atoms with Gasteiger partial charge in [0.05, 0.1) is 12.6 Å². The molecule has 1 aromatic rings. The first-order valence-corrected chi connectivity index (χ1v) is 7.27. The van der Waals surface area contributed by atoms with Crippen molar-refractivity contribution in [3.63, 3.8) is 0 Å². The Balaban J connectivity index is 1.82. The second-order valence-electron chi connectivity index (χ2n) is 5.63. The van der Waals surface area contributed by atoms with Gasteiger partial charge in [0, 0.05) is 32.7 Å². The summed E-state index contributed by atoms with van der Waals surface area (Å²) in [4.78, 5) is 17.2. The number of nitrogens with one attached hydrogen (secondary N) is 1. The lowest BCUT2D eigenvalue weighted by Gasteiger charge is -2.33. The minimum absolute atomic E-state index is 0.00229. The van der Waals surface area contributed by atoms with E-state index in [1.54, 1.807) is 4.90 Å². The number of alkyl halides is 2. The van der Waals surface area contributed by atoms with Crippen molar-refractivity contribution in [3.8, 4) is 0 Å². The molecule has 22 heavy (non-hydrogen) atoms. The average Bonchev–Trinajstić information content (AvgIpc) is 3.11. The van der Waals surface area contributed by atoms with Crippen molar-refractivity contribution in [1.82, 2.24) is 20.4 Å². The number of nitrogens with zero attached hydrogens (tertiary/aromatic N) is 3. The molecule has 1 atom stereocenters. The Bertz CT molecular complexity index is 545. The van der Waals surface area contributed by atoms with Crippen LogP contribution in [0.15, 0.2) is 4.52 Å². The molecule has 1 N–H and O–H groups in total. The van der Waals surface area contributed by atoms with Crippen molar-refractivity contribution in [3.05, 3.63) is 11.7 Å². The van der Waals surface area contributed by atoms with Crippen LogP contribution in [0.2, 0.25) is 0 Å². The molecule has 0 bridgehead atoms. The van der Waals surface area contributed by atoms with Gasteiger partial charge in [-0.1, -0.05) is 5.16 Å². The summed E-state index contributed by atoms with van der Waals surface area (Å²) in [5, 5.41) is 5.94. The zero-order valence-corrected chi connectivity index (χ0v) is 12.2. The van der Waals surface area contributed by atoms with Crippen LogP contribution in [-0.2, 0) is 4.74 Å². The van der Waals surface area contributed by atoms with E-state index in [1.165, 1.54) is 7.05 Å². The van der Waals surface area contributed by atoms with Crippen LogP contribution in [0, 0.1) is 0 Å². The Labute approximate surface area is 126 Å². The van der Waals surface area contributed by atoms with Gasteiger partial charge in [0.2, 0.25) is 5.89 Å². The molecule has 0 saturated carbocycles. The molecule has 3 heterocycles. The van der Waals surface area contributed by atoms with Gasteiger partial charge in [0.1, 0.15) is 0 Å². The molecular formula is C13H18F2N4O3. The fourth-order valence-corrected chi connectivity index (χ4v) is 3.05. The third kappa shape index (κ3) is 2.95. The van der Waals surface area contributed by atoms with Crippen molar-refractivity contribution < 1.29 is 22.8 Å². The smallest absolute Gasteiger partial charge is 0.292 e. The number of carbonyl (C=O) groups is 1. The molecule has 3 rings (SSSR count). The molecule has 0 spiro atoms. The summed E-state index contributed by atoms with van der Waals surface area (Å²) in [5.41, 5.74) is 0. The average molecular weight is 316 g/mol. The monoisotopic (exact) mass is 316 g/mol. The molecule has 2 aliphatic heterocycles. The van der Waals surface area contributed by atoms with Crippen LogP contribution in [0.25, 0.3) is 0 Å². The number of hydrogen-bond acceptors (Lipinski definition) is 6. The summed E-state index contributed by atoms with van der Waals surface area (Å²) in [6.45, 7) is 0.791. The molecule has 2 aliphatic rings. The Morgan fingerprint density at radius 2 is 2.14 bits per heavy atom. The molecule has 1 aromatic heterocycles. The maximum absolute atomic E-state index is 13.9. The molecular weight excluding hydrogens is 298 g/mol. The predicted octanol–water partition coefficient (Wildman–Crippen LogP) is 0.990. The zero-order chi connectivity index (χ0) is 15.7. The molecule has 122 valence electrons. The van der Waals surface area contributed by atoms with Crippen LogP contribution < -0.4 is 5.32 Å². The standard InChI is InChI=1S/C13H18F2N4O3/c1-16-11(20)10-17-12(22-18-10)9-6-13(14,15)7-19(9)8-2-4-21-5-3-8/h8-9H,2-7H2,1H3,(H,16,20)/t9-/m0/s1. The summed E-state index contributed by atoms with van der Waals surface area (Å²) in [7, 11) is 1.44. The minimum Gasteiger partial charge on any atom is -0.381 e. The number of ether oxygens (including phenoxy) is 1. The van der Waals surface area contributed by atoms with Crippen LogP contribution in [0.5, 0.6) is 0 Å².